The standard InChI is InChI=1S/C21H19N3O/c25-21(24-15-8-2-1-3-9-15)17-11-5-4-10-16(17)20-18-12-6-7-13-19(18)22-14-23-20/h1-5,8-11,14H,6-7,12-13H2,(H,24,25). The van der Waals surface area contributed by atoms with Crippen LogP contribution >= 0.6 is 0 Å². The predicted octanol–water partition coefficient (Wildman–Crippen LogP) is 4.27. The van der Waals surface area contributed by atoms with Crippen LogP contribution in [0.5, 0.6) is 0 Å². The maximum absolute atomic E-state index is 12.8. The lowest BCUT2D eigenvalue weighted by molar-refractivity contribution is 0.102. The van der Waals surface area contributed by atoms with Crippen LogP contribution < -0.4 is 5.32 Å². The van der Waals surface area contributed by atoms with E-state index in [1.165, 1.54) is 12.0 Å². The molecule has 0 unspecified atom stereocenters. The van der Waals surface area contributed by atoms with Crippen LogP contribution in [0.3, 0.4) is 0 Å². The van der Waals surface area contributed by atoms with Crippen LogP contribution in [-0.4, -0.2) is 15.9 Å². The highest BCUT2D eigenvalue weighted by molar-refractivity contribution is 6.08. The Kier molecular flexibility index (Phi) is 4.25. The number of nitrogens with one attached hydrogen (secondary N) is 1. The molecule has 4 nitrogen and oxygen atoms in total. The average molecular weight is 329 g/mol. The zero-order valence-corrected chi connectivity index (χ0v) is 13.9. The third-order valence-corrected chi connectivity index (χ3v) is 4.58. The highest BCUT2D eigenvalue weighted by Gasteiger charge is 2.20. The summed E-state index contributed by atoms with van der Waals surface area (Å²) in [5.41, 5.74) is 5.49. The number of fused-ring (bicyclic) bond motifs is 1. The number of hydrogen-bond donors (Lipinski definition) is 1. The number of anilines is 1. The molecule has 0 atom stereocenters. The van der Waals surface area contributed by atoms with E-state index in [-0.39, 0.29) is 5.91 Å². The second kappa shape index (κ2) is 6.85. The summed E-state index contributed by atoms with van der Waals surface area (Å²) in [5.74, 6) is -0.120. The summed E-state index contributed by atoms with van der Waals surface area (Å²) in [7, 11) is 0. The van der Waals surface area contributed by atoms with E-state index >= 15 is 0 Å². The lowest BCUT2D eigenvalue weighted by Gasteiger charge is -2.18. The fourth-order valence-electron chi connectivity index (χ4n) is 3.36. The summed E-state index contributed by atoms with van der Waals surface area (Å²) < 4.78 is 0. The maximum atomic E-state index is 12.8. The van der Waals surface area contributed by atoms with Crippen LogP contribution in [0.25, 0.3) is 11.3 Å². The Morgan fingerprint density at radius 3 is 2.52 bits per heavy atom. The monoisotopic (exact) mass is 329 g/mol. The first kappa shape index (κ1) is 15.5. The van der Waals surface area contributed by atoms with Gasteiger partial charge in [-0.1, -0.05) is 36.4 Å². The molecule has 124 valence electrons. The lowest BCUT2D eigenvalue weighted by atomic mass is 9.91. The number of carbonyl (C=O) groups is 1. The van der Waals surface area contributed by atoms with Gasteiger partial charge >= 0.3 is 0 Å². The number of hydrogen-bond acceptors (Lipinski definition) is 3. The number of rotatable bonds is 3. The van der Waals surface area contributed by atoms with Crippen molar-refractivity contribution in [2.75, 3.05) is 5.32 Å². The summed E-state index contributed by atoms with van der Waals surface area (Å²) in [6.45, 7) is 0. The molecule has 1 aromatic heterocycles. The first-order chi connectivity index (χ1) is 12.3. The zero-order chi connectivity index (χ0) is 17.1. The van der Waals surface area contributed by atoms with Crippen LogP contribution in [0, 0.1) is 0 Å². The zero-order valence-electron chi connectivity index (χ0n) is 13.9. The van der Waals surface area contributed by atoms with E-state index in [2.05, 4.69) is 15.3 Å². The van der Waals surface area contributed by atoms with Gasteiger partial charge in [-0.05, 0) is 43.9 Å². The van der Waals surface area contributed by atoms with Gasteiger partial charge in [0.25, 0.3) is 5.91 Å². The number of amides is 1. The summed E-state index contributed by atoms with van der Waals surface area (Å²) >= 11 is 0. The van der Waals surface area contributed by atoms with Crippen LogP contribution in [0.4, 0.5) is 5.69 Å². The Labute approximate surface area is 147 Å². The van der Waals surface area contributed by atoms with Crippen molar-refractivity contribution in [3.8, 4) is 11.3 Å². The summed E-state index contributed by atoms with van der Waals surface area (Å²) in [6, 6.07) is 17.2. The molecule has 0 saturated heterocycles. The molecule has 0 fully saturated rings. The Hall–Kier alpha value is -3.01. The fourth-order valence-corrected chi connectivity index (χ4v) is 3.36. The molecule has 0 spiro atoms. The van der Waals surface area contributed by atoms with Crippen LogP contribution in [0.15, 0.2) is 60.9 Å². The number of carbonyl (C=O) groups excluding carboxylic acids is 1. The predicted molar refractivity (Wildman–Crippen MR) is 98.5 cm³/mol. The first-order valence-electron chi connectivity index (χ1n) is 8.61. The Bertz CT molecular complexity index is 906. The second-order valence-corrected chi connectivity index (χ2v) is 6.22. The molecule has 1 aliphatic carbocycles. The highest BCUT2D eigenvalue weighted by Crippen LogP contribution is 2.31. The Morgan fingerprint density at radius 2 is 1.64 bits per heavy atom. The molecule has 1 heterocycles. The van der Waals surface area contributed by atoms with Crippen molar-refractivity contribution < 1.29 is 4.79 Å². The average Bonchev–Trinajstić information content (AvgIpc) is 2.68. The normalized spacial score (nSPS) is 13.1. The van der Waals surface area contributed by atoms with E-state index in [1.54, 1.807) is 6.33 Å². The minimum absolute atomic E-state index is 0.120. The first-order valence-corrected chi connectivity index (χ1v) is 8.61. The van der Waals surface area contributed by atoms with E-state index < -0.39 is 0 Å². The van der Waals surface area contributed by atoms with Crippen molar-refractivity contribution >= 4 is 11.6 Å². The highest BCUT2D eigenvalue weighted by atomic mass is 16.1. The minimum atomic E-state index is -0.120. The van der Waals surface area contributed by atoms with Gasteiger partial charge in [0.15, 0.2) is 0 Å². The summed E-state index contributed by atoms with van der Waals surface area (Å²) in [6.07, 6.45) is 5.89. The van der Waals surface area contributed by atoms with Gasteiger partial charge in [-0.2, -0.15) is 0 Å². The van der Waals surface area contributed by atoms with Gasteiger partial charge in [-0.3, -0.25) is 4.79 Å². The van der Waals surface area contributed by atoms with Crippen LogP contribution in [0.2, 0.25) is 0 Å². The van der Waals surface area contributed by atoms with Crippen LogP contribution in [-0.2, 0) is 12.8 Å². The van der Waals surface area contributed by atoms with Gasteiger partial charge in [0, 0.05) is 28.1 Å². The smallest absolute Gasteiger partial charge is 0.256 e. The van der Waals surface area contributed by atoms with Crippen molar-refractivity contribution in [2.24, 2.45) is 0 Å². The lowest BCUT2D eigenvalue weighted by Crippen LogP contribution is -2.15. The molecule has 1 amide bonds. The van der Waals surface area contributed by atoms with Gasteiger partial charge in [-0.15, -0.1) is 0 Å². The van der Waals surface area contributed by atoms with Crippen molar-refractivity contribution in [2.45, 2.75) is 25.7 Å². The van der Waals surface area contributed by atoms with E-state index in [4.69, 9.17) is 0 Å². The fraction of sp³-hybridized carbons (Fsp3) is 0.190. The topological polar surface area (TPSA) is 54.9 Å². The van der Waals surface area contributed by atoms with Gasteiger partial charge in [0.2, 0.25) is 0 Å². The quantitative estimate of drug-likeness (QED) is 0.780. The summed E-state index contributed by atoms with van der Waals surface area (Å²) in [5, 5.41) is 2.97. The van der Waals surface area contributed by atoms with Crippen molar-refractivity contribution in [1.82, 2.24) is 9.97 Å². The molecule has 3 aromatic rings. The molecule has 0 radical (unpaired) electrons. The van der Waals surface area contributed by atoms with E-state index in [0.717, 1.165) is 41.9 Å². The largest absolute Gasteiger partial charge is 0.322 e. The molecule has 4 heteroatoms. The van der Waals surface area contributed by atoms with Gasteiger partial charge in [0.05, 0.1) is 5.69 Å². The molecule has 0 aliphatic heterocycles. The van der Waals surface area contributed by atoms with Crippen LogP contribution in [0.1, 0.15) is 34.5 Å². The Balaban J connectivity index is 1.74. The van der Waals surface area contributed by atoms with E-state index in [9.17, 15) is 4.79 Å². The number of aryl methyl sites for hydroxylation is 1. The maximum Gasteiger partial charge on any atom is 0.256 e. The third-order valence-electron chi connectivity index (χ3n) is 4.58. The van der Waals surface area contributed by atoms with Crippen molar-refractivity contribution in [1.29, 1.82) is 0 Å². The molecule has 4 rings (SSSR count). The molecule has 2 aromatic carbocycles. The molecular formula is C21H19N3O. The van der Waals surface area contributed by atoms with Gasteiger partial charge < -0.3 is 5.32 Å². The SMILES string of the molecule is O=C(Nc1ccccc1)c1ccccc1-c1ncnc2c1CCCC2. The van der Waals surface area contributed by atoms with Crippen molar-refractivity contribution in [3.05, 3.63) is 77.7 Å². The minimum Gasteiger partial charge on any atom is -0.322 e. The number of para-hydroxylation sites is 1. The van der Waals surface area contributed by atoms with Gasteiger partial charge in [-0.25, -0.2) is 9.97 Å². The van der Waals surface area contributed by atoms with Crippen molar-refractivity contribution in [3.63, 3.8) is 0 Å². The van der Waals surface area contributed by atoms with E-state index in [1.807, 2.05) is 54.6 Å². The Morgan fingerprint density at radius 1 is 0.880 bits per heavy atom. The molecule has 25 heavy (non-hydrogen) atoms. The molecule has 1 N–H and O–H groups in total. The number of benzene rings is 2. The molecule has 1 aliphatic rings. The van der Waals surface area contributed by atoms with E-state index in [0.29, 0.717) is 5.56 Å². The summed E-state index contributed by atoms with van der Waals surface area (Å²) in [4.78, 5) is 21.8. The number of nitrogens with zero attached hydrogens (tertiary/aromatic N) is 2. The third kappa shape index (κ3) is 3.15. The molecule has 0 saturated carbocycles. The molecular weight excluding hydrogens is 310 g/mol. The second-order valence-electron chi connectivity index (χ2n) is 6.22. The number of aromatic nitrogens is 2. The van der Waals surface area contributed by atoms with Gasteiger partial charge in [0.1, 0.15) is 6.33 Å². The molecule has 0 bridgehead atoms.